The van der Waals surface area contributed by atoms with E-state index < -0.39 is 0 Å². The minimum absolute atomic E-state index is 0.0560. The van der Waals surface area contributed by atoms with Crippen LogP contribution in [0.15, 0.2) is 24.3 Å². The number of carbonyl (C=O) groups excluding carboxylic acids is 1. The number of methoxy groups -OCH3 is 1. The number of amides is 2. The van der Waals surface area contributed by atoms with E-state index in [1.807, 2.05) is 43.1 Å². The maximum atomic E-state index is 12.4. The normalized spacial score (nSPS) is 19.3. The number of hydrogen-bond donors (Lipinski definition) is 1. The molecule has 1 aliphatic rings. The minimum Gasteiger partial charge on any atom is -0.382 e. The van der Waals surface area contributed by atoms with Crippen molar-refractivity contribution < 1.29 is 9.53 Å². The van der Waals surface area contributed by atoms with Crippen LogP contribution < -0.4 is 5.32 Å². The molecule has 0 aliphatic carbocycles. The van der Waals surface area contributed by atoms with Gasteiger partial charge in [-0.1, -0.05) is 23.7 Å². The third-order valence-electron chi connectivity index (χ3n) is 3.68. The molecule has 0 saturated carbocycles. The lowest BCUT2D eigenvalue weighted by molar-refractivity contribution is 0.154. The van der Waals surface area contributed by atoms with Crippen molar-refractivity contribution in [2.75, 3.05) is 32.3 Å². The lowest BCUT2D eigenvalue weighted by Crippen LogP contribution is -2.45. The highest BCUT2D eigenvalue weighted by Crippen LogP contribution is 2.22. The van der Waals surface area contributed by atoms with Gasteiger partial charge in [0.15, 0.2) is 0 Å². The van der Waals surface area contributed by atoms with Gasteiger partial charge in [-0.15, -0.1) is 0 Å². The van der Waals surface area contributed by atoms with Crippen molar-refractivity contribution >= 4 is 29.4 Å². The van der Waals surface area contributed by atoms with Gasteiger partial charge in [-0.3, -0.25) is 0 Å². The lowest BCUT2D eigenvalue weighted by Gasteiger charge is -2.27. The Morgan fingerprint density at radius 2 is 2.24 bits per heavy atom. The first-order valence-electron chi connectivity index (χ1n) is 6.97. The highest BCUT2D eigenvalue weighted by molar-refractivity contribution is 7.99. The van der Waals surface area contributed by atoms with Crippen LogP contribution in [-0.2, 0) is 4.74 Å². The molecule has 0 aromatic heterocycles. The van der Waals surface area contributed by atoms with Crippen molar-refractivity contribution in [2.24, 2.45) is 0 Å². The van der Waals surface area contributed by atoms with E-state index in [0.717, 1.165) is 23.5 Å². The molecule has 1 aromatic carbocycles. The smallest absolute Gasteiger partial charge is 0.317 e. The molecular formula is C15H21ClN2O2S. The molecule has 2 rings (SSSR count). The monoisotopic (exact) mass is 328 g/mol. The van der Waals surface area contributed by atoms with E-state index in [9.17, 15) is 4.79 Å². The molecular weight excluding hydrogens is 308 g/mol. The predicted molar refractivity (Wildman–Crippen MR) is 88.1 cm³/mol. The number of carbonyl (C=O) groups is 1. The summed E-state index contributed by atoms with van der Waals surface area (Å²) >= 11 is 7.80. The van der Waals surface area contributed by atoms with E-state index in [2.05, 4.69) is 5.32 Å². The molecule has 0 bridgehead atoms. The molecule has 2 amide bonds. The Hall–Kier alpha value is -0.910. The standard InChI is InChI=1S/C15H21ClN2O2S/c1-18(13-7-8-21-10-13)15(19)17-14(9-20-2)11-3-5-12(16)6-4-11/h3-6,13-14H,7-10H2,1-2H3,(H,17,19)/t13-,14-/m0/s1. The van der Waals surface area contributed by atoms with Crippen LogP contribution in [0.1, 0.15) is 18.0 Å². The van der Waals surface area contributed by atoms with Crippen molar-refractivity contribution in [3.63, 3.8) is 0 Å². The zero-order valence-corrected chi connectivity index (χ0v) is 13.9. The van der Waals surface area contributed by atoms with Gasteiger partial charge in [-0.2, -0.15) is 11.8 Å². The molecule has 1 fully saturated rings. The quantitative estimate of drug-likeness (QED) is 0.902. The first-order valence-corrected chi connectivity index (χ1v) is 8.50. The Balaban J connectivity index is 2.01. The number of thioether (sulfide) groups is 1. The van der Waals surface area contributed by atoms with Crippen LogP contribution >= 0.6 is 23.4 Å². The lowest BCUT2D eigenvalue weighted by atomic mass is 10.1. The molecule has 116 valence electrons. The van der Waals surface area contributed by atoms with E-state index in [1.54, 1.807) is 12.0 Å². The van der Waals surface area contributed by atoms with E-state index in [4.69, 9.17) is 16.3 Å². The van der Waals surface area contributed by atoms with Crippen molar-refractivity contribution in [3.8, 4) is 0 Å². The van der Waals surface area contributed by atoms with Gasteiger partial charge in [-0.25, -0.2) is 4.79 Å². The van der Waals surface area contributed by atoms with Crippen molar-refractivity contribution in [1.29, 1.82) is 0 Å². The van der Waals surface area contributed by atoms with Gasteiger partial charge in [0, 0.05) is 31.0 Å². The molecule has 0 unspecified atom stereocenters. The maximum Gasteiger partial charge on any atom is 0.317 e. The van der Waals surface area contributed by atoms with Crippen LogP contribution in [0.4, 0.5) is 4.79 Å². The molecule has 21 heavy (non-hydrogen) atoms. The van der Waals surface area contributed by atoms with Crippen LogP contribution in [0, 0.1) is 0 Å². The second-order valence-corrected chi connectivity index (χ2v) is 6.72. The van der Waals surface area contributed by atoms with Gasteiger partial charge in [0.1, 0.15) is 0 Å². The molecule has 1 aromatic rings. The van der Waals surface area contributed by atoms with Crippen LogP contribution in [0.25, 0.3) is 0 Å². The Morgan fingerprint density at radius 1 is 1.52 bits per heavy atom. The second kappa shape index (κ2) is 7.92. The molecule has 0 spiro atoms. The van der Waals surface area contributed by atoms with Crippen molar-refractivity contribution in [2.45, 2.75) is 18.5 Å². The summed E-state index contributed by atoms with van der Waals surface area (Å²) in [5.74, 6) is 2.14. The first-order chi connectivity index (χ1) is 10.1. The first kappa shape index (κ1) is 16.5. The van der Waals surface area contributed by atoms with Crippen LogP contribution in [0.3, 0.4) is 0 Å². The highest BCUT2D eigenvalue weighted by atomic mass is 35.5. The summed E-state index contributed by atoms with van der Waals surface area (Å²) in [5.41, 5.74) is 0.990. The summed E-state index contributed by atoms with van der Waals surface area (Å²) < 4.78 is 5.22. The SMILES string of the molecule is COC[C@H](NC(=O)N(C)[C@H]1CCSC1)c1ccc(Cl)cc1. The number of hydrogen-bond acceptors (Lipinski definition) is 3. The number of benzene rings is 1. The number of nitrogens with one attached hydrogen (secondary N) is 1. The average molecular weight is 329 g/mol. The molecule has 2 atom stereocenters. The third-order valence-corrected chi connectivity index (χ3v) is 5.07. The Labute approximate surface area is 135 Å². The Bertz CT molecular complexity index is 463. The topological polar surface area (TPSA) is 41.6 Å². The van der Waals surface area contributed by atoms with Gasteiger partial charge < -0.3 is 15.0 Å². The van der Waals surface area contributed by atoms with Crippen LogP contribution in [0.2, 0.25) is 5.02 Å². The zero-order valence-electron chi connectivity index (χ0n) is 12.3. The molecule has 0 radical (unpaired) electrons. The predicted octanol–water partition coefficient (Wildman–Crippen LogP) is 3.17. The van der Waals surface area contributed by atoms with Gasteiger partial charge in [-0.05, 0) is 29.9 Å². The van der Waals surface area contributed by atoms with Crippen molar-refractivity contribution in [3.05, 3.63) is 34.9 Å². The number of ether oxygens (including phenoxy) is 1. The minimum atomic E-state index is -0.170. The van der Waals surface area contributed by atoms with E-state index in [1.165, 1.54) is 0 Å². The average Bonchev–Trinajstić information content (AvgIpc) is 3.01. The number of urea groups is 1. The van der Waals surface area contributed by atoms with E-state index in [-0.39, 0.29) is 12.1 Å². The second-order valence-electron chi connectivity index (χ2n) is 5.14. The molecule has 1 heterocycles. The molecule has 1 saturated heterocycles. The Morgan fingerprint density at radius 3 is 2.81 bits per heavy atom. The van der Waals surface area contributed by atoms with Crippen LogP contribution in [0.5, 0.6) is 0 Å². The zero-order chi connectivity index (χ0) is 15.2. The van der Waals surface area contributed by atoms with Crippen molar-refractivity contribution in [1.82, 2.24) is 10.2 Å². The summed E-state index contributed by atoms with van der Waals surface area (Å²) in [6.45, 7) is 0.431. The fourth-order valence-corrected chi connectivity index (χ4v) is 3.72. The number of rotatable bonds is 5. The van der Waals surface area contributed by atoms with Gasteiger partial charge >= 0.3 is 6.03 Å². The summed E-state index contributed by atoms with van der Waals surface area (Å²) in [4.78, 5) is 14.2. The number of halogens is 1. The molecule has 1 aliphatic heterocycles. The summed E-state index contributed by atoms with van der Waals surface area (Å²) in [5, 5.41) is 3.72. The van der Waals surface area contributed by atoms with E-state index >= 15 is 0 Å². The molecule has 4 nitrogen and oxygen atoms in total. The molecule has 1 N–H and O–H groups in total. The fraction of sp³-hybridized carbons (Fsp3) is 0.533. The van der Waals surface area contributed by atoms with Gasteiger partial charge in [0.25, 0.3) is 0 Å². The maximum absolute atomic E-state index is 12.4. The van der Waals surface area contributed by atoms with Crippen LogP contribution in [-0.4, -0.2) is 49.2 Å². The van der Waals surface area contributed by atoms with Gasteiger partial charge in [0.2, 0.25) is 0 Å². The Kier molecular flexibility index (Phi) is 6.21. The fourth-order valence-electron chi connectivity index (χ4n) is 2.33. The van der Waals surface area contributed by atoms with E-state index in [0.29, 0.717) is 17.7 Å². The highest BCUT2D eigenvalue weighted by Gasteiger charge is 2.25. The third kappa shape index (κ3) is 4.53. The number of nitrogens with zero attached hydrogens (tertiary/aromatic N) is 1. The summed E-state index contributed by atoms with van der Waals surface area (Å²) in [7, 11) is 3.49. The largest absolute Gasteiger partial charge is 0.382 e. The summed E-state index contributed by atoms with van der Waals surface area (Å²) in [6, 6.07) is 7.57. The summed E-state index contributed by atoms with van der Waals surface area (Å²) in [6.07, 6.45) is 1.06. The van der Waals surface area contributed by atoms with Gasteiger partial charge in [0.05, 0.1) is 12.6 Å². The molecule has 6 heteroatoms.